The first kappa shape index (κ1) is 28.7. The molecule has 5 heteroatoms. The fourth-order valence-corrected chi connectivity index (χ4v) is 6.18. The molecule has 0 heterocycles. The summed E-state index contributed by atoms with van der Waals surface area (Å²) in [5.41, 5.74) is 8.78. The van der Waals surface area contributed by atoms with Gasteiger partial charge in [-0.05, 0) is 60.4 Å². The number of hydrogen-bond acceptors (Lipinski definition) is 3. The first-order chi connectivity index (χ1) is 17.5. The summed E-state index contributed by atoms with van der Waals surface area (Å²) in [5.74, 6) is 0.894. The molecule has 0 aliphatic heterocycles. The first-order valence-electron chi connectivity index (χ1n) is 14.0. The summed E-state index contributed by atoms with van der Waals surface area (Å²) in [6.07, 6.45) is 12.8. The van der Waals surface area contributed by atoms with E-state index in [0.717, 1.165) is 44.1 Å². The van der Waals surface area contributed by atoms with Crippen LogP contribution in [-0.2, 0) is 11.3 Å². The number of carboxylic acid groups (broad SMARTS) is 1. The van der Waals surface area contributed by atoms with E-state index in [4.69, 9.17) is 0 Å². The summed E-state index contributed by atoms with van der Waals surface area (Å²) < 4.78 is 0.660. The summed E-state index contributed by atoms with van der Waals surface area (Å²) in [7, 11) is 0. The van der Waals surface area contributed by atoms with Crippen LogP contribution in [0.5, 0.6) is 0 Å². The molecule has 4 nitrogen and oxygen atoms in total. The van der Waals surface area contributed by atoms with Crippen LogP contribution in [0, 0.1) is 12.8 Å². The minimum atomic E-state index is -0.727. The molecule has 0 radical (unpaired) electrons. The van der Waals surface area contributed by atoms with Gasteiger partial charge in [0.25, 0.3) is 0 Å². The van der Waals surface area contributed by atoms with Gasteiger partial charge in [0.2, 0.25) is 0 Å². The Hall–Kier alpha value is -1.82. The lowest BCUT2D eigenvalue weighted by Gasteiger charge is -2.41. The summed E-state index contributed by atoms with van der Waals surface area (Å²) in [4.78, 5) is 12.3. The highest BCUT2D eigenvalue weighted by atomic mass is 32.2. The Morgan fingerprint density at radius 3 is 2.58 bits per heavy atom. The number of aliphatic carboxylic acids is 1. The van der Waals surface area contributed by atoms with Crippen LogP contribution in [0.3, 0.4) is 0 Å². The lowest BCUT2D eigenvalue weighted by atomic mass is 9.87. The van der Waals surface area contributed by atoms with Crippen molar-refractivity contribution in [3.63, 3.8) is 0 Å². The largest absolute Gasteiger partial charge is 0.480 e. The van der Waals surface area contributed by atoms with E-state index in [1.54, 1.807) is 11.8 Å². The van der Waals surface area contributed by atoms with Gasteiger partial charge >= 0.3 is 5.97 Å². The zero-order chi connectivity index (χ0) is 25.8. The highest BCUT2D eigenvalue weighted by Crippen LogP contribution is 2.29. The number of rotatable bonds is 15. The van der Waals surface area contributed by atoms with Crippen molar-refractivity contribution in [1.29, 1.82) is 0 Å². The van der Waals surface area contributed by atoms with Crippen molar-refractivity contribution in [3.05, 3.63) is 59.7 Å². The Labute approximate surface area is 223 Å². The van der Waals surface area contributed by atoms with Crippen molar-refractivity contribution in [2.45, 2.75) is 84.2 Å². The molecule has 0 aromatic heterocycles. The number of nitrogens with one attached hydrogen (secondary N) is 1. The Morgan fingerprint density at radius 2 is 1.89 bits per heavy atom. The lowest BCUT2D eigenvalue weighted by Crippen LogP contribution is -2.63. The summed E-state index contributed by atoms with van der Waals surface area (Å²) in [6, 6.07) is 16.9. The molecule has 2 atom stereocenters. The van der Waals surface area contributed by atoms with Gasteiger partial charge in [-0.2, -0.15) is 17.2 Å². The van der Waals surface area contributed by atoms with Crippen LogP contribution < -0.4 is 5.43 Å². The Morgan fingerprint density at radius 1 is 1.11 bits per heavy atom. The quantitative estimate of drug-likeness (QED) is 0.192. The van der Waals surface area contributed by atoms with Gasteiger partial charge in [-0.1, -0.05) is 87.9 Å². The number of carbonyl (C=O) groups is 1. The van der Waals surface area contributed by atoms with Gasteiger partial charge in [0, 0.05) is 12.0 Å². The fourth-order valence-electron chi connectivity index (χ4n) is 5.70. The van der Waals surface area contributed by atoms with Crippen molar-refractivity contribution in [2.75, 3.05) is 25.1 Å². The molecule has 1 fully saturated rings. The van der Waals surface area contributed by atoms with Gasteiger partial charge in [0.1, 0.15) is 6.54 Å². The predicted molar refractivity (Wildman–Crippen MR) is 154 cm³/mol. The Kier molecular flexibility index (Phi) is 11.8. The number of quaternary nitrogens is 1. The van der Waals surface area contributed by atoms with Crippen LogP contribution in [0.2, 0.25) is 0 Å². The van der Waals surface area contributed by atoms with E-state index in [1.807, 2.05) is 0 Å². The van der Waals surface area contributed by atoms with Crippen molar-refractivity contribution < 1.29 is 14.5 Å². The van der Waals surface area contributed by atoms with Crippen LogP contribution in [0.4, 0.5) is 0 Å². The zero-order valence-electron chi connectivity index (χ0n) is 22.7. The molecular weight excluding hydrogens is 464 g/mol. The van der Waals surface area contributed by atoms with Gasteiger partial charge in [-0.3, -0.25) is 4.79 Å². The smallest absolute Gasteiger partial charge is 0.326 e. The van der Waals surface area contributed by atoms with Crippen LogP contribution in [-0.4, -0.2) is 46.8 Å². The summed E-state index contributed by atoms with van der Waals surface area (Å²) >= 11 is 1.72. The van der Waals surface area contributed by atoms with E-state index in [0.29, 0.717) is 11.0 Å². The zero-order valence-corrected chi connectivity index (χ0v) is 23.5. The fraction of sp³-hybridized carbons (Fsp3) is 0.581. The van der Waals surface area contributed by atoms with E-state index in [1.165, 1.54) is 60.8 Å². The maximum absolute atomic E-state index is 12.3. The molecule has 0 bridgehead atoms. The third-order valence-electron chi connectivity index (χ3n) is 7.84. The molecule has 0 amide bonds. The molecule has 0 saturated heterocycles. The van der Waals surface area contributed by atoms with Crippen molar-refractivity contribution in [1.82, 2.24) is 5.43 Å². The first-order valence-corrected chi connectivity index (χ1v) is 15.4. The van der Waals surface area contributed by atoms with Crippen molar-refractivity contribution in [2.24, 2.45) is 5.92 Å². The summed E-state index contributed by atoms with van der Waals surface area (Å²) in [6.45, 7) is 7.16. The molecule has 3 rings (SSSR count). The second-order valence-electron chi connectivity index (χ2n) is 10.7. The second-order valence-corrected chi connectivity index (χ2v) is 11.7. The average molecular weight is 512 g/mol. The molecule has 1 aliphatic carbocycles. The maximum atomic E-state index is 12.3. The molecule has 198 valence electrons. The van der Waals surface area contributed by atoms with Crippen LogP contribution >= 0.6 is 11.8 Å². The third-order valence-corrected chi connectivity index (χ3v) is 8.48. The number of nitrogens with zero attached hydrogens (tertiary/aromatic N) is 1. The molecule has 1 unspecified atom stereocenters. The molecule has 36 heavy (non-hydrogen) atoms. The topological polar surface area (TPSA) is 49.3 Å². The van der Waals surface area contributed by atoms with Crippen LogP contribution in [0.15, 0.2) is 48.5 Å². The predicted octanol–water partition coefficient (Wildman–Crippen LogP) is 7.46. The molecular formula is C31H47N2O2S+. The highest BCUT2D eigenvalue weighted by Gasteiger charge is 2.34. The molecule has 2 N–H and O–H groups in total. The monoisotopic (exact) mass is 511 g/mol. The second kappa shape index (κ2) is 14.8. The Bertz CT molecular complexity index is 944. The standard InChI is InChI=1S/C31H46N2O2S/c1-4-5-20-33(21-18-26-13-7-6-8-14-26,32-30(31(34)35)19-22-36-3)24-27-15-11-16-28(23-27)29-17-10-9-12-25(29)2/h9-12,15-17,23,26,30,32H,4-8,13-14,18-22,24H2,1-3H3/p+1/t30-,33?/m0/s1. The van der Waals surface area contributed by atoms with E-state index >= 15 is 0 Å². The molecule has 2 aromatic rings. The number of thioether (sulfide) groups is 1. The minimum Gasteiger partial charge on any atom is -0.480 e. The maximum Gasteiger partial charge on any atom is 0.326 e. The number of unbranched alkanes of at least 4 members (excludes halogenated alkanes) is 1. The lowest BCUT2D eigenvalue weighted by molar-refractivity contribution is -0.984. The van der Waals surface area contributed by atoms with E-state index in [9.17, 15) is 9.90 Å². The van der Waals surface area contributed by atoms with Crippen LogP contribution in [0.1, 0.15) is 75.8 Å². The number of benzene rings is 2. The molecule has 0 spiro atoms. The normalized spacial score (nSPS) is 17.0. The third kappa shape index (κ3) is 8.64. The van der Waals surface area contributed by atoms with Crippen molar-refractivity contribution in [3.8, 4) is 11.1 Å². The minimum absolute atomic E-state index is 0.528. The van der Waals surface area contributed by atoms with Gasteiger partial charge in [0.15, 0.2) is 6.04 Å². The van der Waals surface area contributed by atoms with Crippen LogP contribution in [0.25, 0.3) is 11.1 Å². The van der Waals surface area contributed by atoms with Crippen molar-refractivity contribution >= 4 is 17.7 Å². The van der Waals surface area contributed by atoms with E-state index in [-0.39, 0.29) is 0 Å². The van der Waals surface area contributed by atoms with E-state index in [2.05, 4.69) is 74.1 Å². The Balaban J connectivity index is 1.92. The average Bonchev–Trinajstić information content (AvgIpc) is 2.89. The van der Waals surface area contributed by atoms with Gasteiger partial charge in [0.05, 0.1) is 13.1 Å². The molecule has 1 aliphatic rings. The SMILES string of the molecule is CCCC[N+](CCC1CCCCC1)(Cc1cccc(-c2ccccc2C)c1)N[C@@H](CCSC)C(=O)O. The number of aryl methyl sites for hydroxylation is 1. The number of hydrogen-bond donors (Lipinski definition) is 2. The van der Waals surface area contributed by atoms with Gasteiger partial charge in [-0.15, -0.1) is 0 Å². The summed E-state index contributed by atoms with van der Waals surface area (Å²) in [5, 5.41) is 10.1. The number of carboxylic acids is 1. The molecule has 1 saturated carbocycles. The van der Waals surface area contributed by atoms with Gasteiger partial charge in [-0.25, -0.2) is 4.59 Å². The molecule has 2 aromatic carbocycles. The van der Waals surface area contributed by atoms with Gasteiger partial charge < -0.3 is 5.11 Å². The highest BCUT2D eigenvalue weighted by molar-refractivity contribution is 7.98. The van der Waals surface area contributed by atoms with E-state index < -0.39 is 12.0 Å².